The van der Waals surface area contributed by atoms with E-state index in [4.69, 9.17) is 27.9 Å². The Morgan fingerprint density at radius 2 is 1.83 bits per heavy atom. The summed E-state index contributed by atoms with van der Waals surface area (Å²) >= 11 is 12.3. The van der Waals surface area contributed by atoms with Crippen molar-refractivity contribution < 1.29 is 4.74 Å². The first-order chi connectivity index (χ1) is 14.1. The Morgan fingerprint density at radius 1 is 1.07 bits per heavy atom. The summed E-state index contributed by atoms with van der Waals surface area (Å²) in [7, 11) is 0. The highest BCUT2D eigenvalue weighted by Gasteiger charge is 2.23. The van der Waals surface area contributed by atoms with Crippen LogP contribution in [0.4, 0.5) is 5.69 Å². The topological polar surface area (TPSA) is 60.3 Å². The van der Waals surface area contributed by atoms with Gasteiger partial charge in [-0.2, -0.15) is 9.78 Å². The first-order valence-electron chi connectivity index (χ1n) is 9.44. The molecular formula is C21H20Cl2N4O2. The number of ether oxygens (including phenoxy) is 1. The number of hydrogen-bond acceptors (Lipinski definition) is 5. The number of benzene rings is 1. The van der Waals surface area contributed by atoms with E-state index >= 15 is 0 Å². The SMILES string of the molecule is O=c1c(Cl)c(N2CCC(COc3ccccn3)CC2)cnn1-c1ccc(Cl)cc1. The average Bonchev–Trinajstić information content (AvgIpc) is 2.76. The Morgan fingerprint density at radius 3 is 2.52 bits per heavy atom. The van der Waals surface area contributed by atoms with E-state index in [2.05, 4.69) is 15.0 Å². The summed E-state index contributed by atoms with van der Waals surface area (Å²) in [6.07, 6.45) is 5.27. The molecule has 1 saturated heterocycles. The molecule has 0 amide bonds. The molecule has 8 heteroatoms. The van der Waals surface area contributed by atoms with E-state index in [1.54, 1.807) is 36.7 Å². The number of aromatic nitrogens is 3. The van der Waals surface area contributed by atoms with Crippen LogP contribution in [0.1, 0.15) is 12.8 Å². The molecule has 0 atom stereocenters. The fraction of sp³-hybridized carbons (Fsp3) is 0.286. The van der Waals surface area contributed by atoms with Gasteiger partial charge in [0, 0.05) is 30.4 Å². The minimum absolute atomic E-state index is 0.179. The van der Waals surface area contributed by atoms with Crippen molar-refractivity contribution in [2.75, 3.05) is 24.6 Å². The molecule has 0 aliphatic carbocycles. The van der Waals surface area contributed by atoms with Crippen molar-refractivity contribution in [2.24, 2.45) is 5.92 Å². The van der Waals surface area contributed by atoms with Crippen molar-refractivity contribution in [3.63, 3.8) is 0 Å². The van der Waals surface area contributed by atoms with Gasteiger partial charge in [0.25, 0.3) is 5.56 Å². The molecule has 0 bridgehead atoms. The summed E-state index contributed by atoms with van der Waals surface area (Å²) in [4.78, 5) is 19.0. The fourth-order valence-electron chi connectivity index (χ4n) is 3.39. The van der Waals surface area contributed by atoms with E-state index in [0.717, 1.165) is 25.9 Å². The molecule has 0 saturated carbocycles. The molecule has 1 aliphatic rings. The van der Waals surface area contributed by atoms with E-state index < -0.39 is 0 Å². The van der Waals surface area contributed by atoms with Crippen molar-refractivity contribution in [1.82, 2.24) is 14.8 Å². The largest absolute Gasteiger partial charge is 0.477 e. The lowest BCUT2D eigenvalue weighted by Gasteiger charge is -2.33. The molecule has 3 heterocycles. The number of pyridine rings is 1. The van der Waals surface area contributed by atoms with Crippen molar-refractivity contribution >= 4 is 28.9 Å². The van der Waals surface area contributed by atoms with Crippen LogP contribution in [0, 0.1) is 5.92 Å². The Labute approximate surface area is 178 Å². The van der Waals surface area contributed by atoms with Crippen LogP contribution >= 0.6 is 23.2 Å². The number of anilines is 1. The zero-order valence-electron chi connectivity index (χ0n) is 15.7. The third-order valence-electron chi connectivity index (χ3n) is 5.03. The third-order valence-corrected chi connectivity index (χ3v) is 5.64. The molecular weight excluding hydrogens is 411 g/mol. The van der Waals surface area contributed by atoms with Gasteiger partial charge in [-0.25, -0.2) is 4.98 Å². The zero-order chi connectivity index (χ0) is 20.2. The van der Waals surface area contributed by atoms with Crippen LogP contribution in [0.3, 0.4) is 0 Å². The van der Waals surface area contributed by atoms with Crippen LogP contribution in [0.25, 0.3) is 5.69 Å². The Bertz CT molecular complexity index is 1020. The lowest BCUT2D eigenvalue weighted by molar-refractivity contribution is 0.216. The molecule has 1 aliphatic heterocycles. The van der Waals surface area contributed by atoms with Gasteiger partial charge in [-0.1, -0.05) is 29.3 Å². The predicted octanol–water partition coefficient (Wildman–Crippen LogP) is 4.23. The van der Waals surface area contributed by atoms with Gasteiger partial charge in [-0.3, -0.25) is 4.79 Å². The second-order valence-electron chi connectivity index (χ2n) is 6.95. The summed E-state index contributed by atoms with van der Waals surface area (Å²) in [5.74, 6) is 1.09. The van der Waals surface area contributed by atoms with Gasteiger partial charge >= 0.3 is 0 Å². The minimum atomic E-state index is -0.341. The van der Waals surface area contributed by atoms with Crippen LogP contribution in [0.5, 0.6) is 5.88 Å². The summed E-state index contributed by atoms with van der Waals surface area (Å²) < 4.78 is 7.06. The molecule has 3 aromatic rings. The van der Waals surface area contributed by atoms with Crippen LogP contribution < -0.4 is 15.2 Å². The zero-order valence-corrected chi connectivity index (χ0v) is 17.2. The van der Waals surface area contributed by atoms with Gasteiger partial charge in [-0.15, -0.1) is 0 Å². The maximum Gasteiger partial charge on any atom is 0.292 e. The van der Waals surface area contributed by atoms with Gasteiger partial charge < -0.3 is 9.64 Å². The van der Waals surface area contributed by atoms with Crippen LogP contribution in [0.15, 0.2) is 59.7 Å². The molecule has 6 nitrogen and oxygen atoms in total. The second-order valence-corrected chi connectivity index (χ2v) is 7.76. The summed E-state index contributed by atoms with van der Waals surface area (Å²) in [6, 6.07) is 12.5. The van der Waals surface area contributed by atoms with Gasteiger partial charge in [0.05, 0.1) is 24.2 Å². The normalized spacial score (nSPS) is 14.8. The first kappa shape index (κ1) is 19.7. The Hall–Kier alpha value is -2.57. The first-order valence-corrected chi connectivity index (χ1v) is 10.2. The molecule has 4 rings (SSSR count). The number of nitrogens with zero attached hydrogens (tertiary/aromatic N) is 4. The number of halogens is 2. The molecule has 1 aromatic carbocycles. The standard InChI is InChI=1S/C21H20Cl2N4O2/c22-16-4-6-17(7-5-16)27-21(28)20(23)18(13-25-27)26-11-8-15(9-12-26)14-29-19-3-1-2-10-24-19/h1-7,10,13,15H,8-9,11-12,14H2. The fourth-order valence-corrected chi connectivity index (χ4v) is 3.76. The number of piperidine rings is 1. The van der Waals surface area contributed by atoms with Crippen molar-refractivity contribution in [1.29, 1.82) is 0 Å². The van der Waals surface area contributed by atoms with Gasteiger partial charge in [0.15, 0.2) is 0 Å². The maximum atomic E-state index is 12.7. The van der Waals surface area contributed by atoms with E-state index in [1.165, 1.54) is 4.68 Å². The highest BCUT2D eigenvalue weighted by molar-refractivity contribution is 6.33. The van der Waals surface area contributed by atoms with Crippen LogP contribution in [-0.2, 0) is 0 Å². The Kier molecular flexibility index (Phi) is 6.02. The monoisotopic (exact) mass is 430 g/mol. The van der Waals surface area contributed by atoms with E-state index in [0.29, 0.717) is 34.8 Å². The molecule has 0 radical (unpaired) electrons. The summed E-state index contributed by atoms with van der Waals surface area (Å²) in [5, 5.41) is 5.09. The maximum absolute atomic E-state index is 12.7. The van der Waals surface area contributed by atoms with Gasteiger partial charge in [-0.05, 0) is 49.1 Å². The molecule has 1 fully saturated rings. The van der Waals surface area contributed by atoms with Crippen LogP contribution in [0.2, 0.25) is 10.0 Å². The van der Waals surface area contributed by atoms with Gasteiger partial charge in [0.2, 0.25) is 5.88 Å². The quantitative estimate of drug-likeness (QED) is 0.605. The van der Waals surface area contributed by atoms with Gasteiger partial charge in [0.1, 0.15) is 5.02 Å². The lowest BCUT2D eigenvalue weighted by Crippen LogP contribution is -2.37. The van der Waals surface area contributed by atoms with Crippen LogP contribution in [-0.4, -0.2) is 34.5 Å². The average molecular weight is 431 g/mol. The smallest absolute Gasteiger partial charge is 0.292 e. The summed E-state index contributed by atoms with van der Waals surface area (Å²) in [5.41, 5.74) is 0.955. The second kappa shape index (κ2) is 8.84. The predicted molar refractivity (Wildman–Crippen MR) is 115 cm³/mol. The third kappa shape index (κ3) is 4.54. The Balaban J connectivity index is 1.41. The highest BCUT2D eigenvalue weighted by Crippen LogP contribution is 2.27. The highest BCUT2D eigenvalue weighted by atomic mass is 35.5. The molecule has 0 N–H and O–H groups in total. The molecule has 150 valence electrons. The van der Waals surface area contributed by atoms with Crippen molar-refractivity contribution in [3.05, 3.63) is 75.3 Å². The van der Waals surface area contributed by atoms with E-state index in [1.807, 2.05) is 18.2 Å². The van der Waals surface area contributed by atoms with E-state index in [-0.39, 0.29) is 10.6 Å². The van der Waals surface area contributed by atoms with Crippen molar-refractivity contribution in [3.8, 4) is 11.6 Å². The van der Waals surface area contributed by atoms with E-state index in [9.17, 15) is 4.79 Å². The summed E-state index contributed by atoms with van der Waals surface area (Å²) in [6.45, 7) is 2.22. The minimum Gasteiger partial charge on any atom is -0.477 e. The molecule has 2 aromatic heterocycles. The molecule has 0 unspecified atom stereocenters. The molecule has 0 spiro atoms. The lowest BCUT2D eigenvalue weighted by atomic mass is 9.97. The number of hydrogen-bond donors (Lipinski definition) is 0. The number of rotatable bonds is 5. The molecule has 29 heavy (non-hydrogen) atoms. The van der Waals surface area contributed by atoms with Crippen molar-refractivity contribution in [2.45, 2.75) is 12.8 Å².